The van der Waals surface area contributed by atoms with Gasteiger partial charge in [-0.3, -0.25) is 4.79 Å². The van der Waals surface area contributed by atoms with Gasteiger partial charge in [0.15, 0.2) is 0 Å². The van der Waals surface area contributed by atoms with E-state index in [1.54, 1.807) is 32.1 Å². The van der Waals surface area contributed by atoms with Crippen LogP contribution in [0.15, 0.2) is 36.7 Å². The average molecular weight is 359 g/mol. The van der Waals surface area contributed by atoms with Crippen molar-refractivity contribution in [3.63, 3.8) is 0 Å². The Labute approximate surface area is 153 Å². The van der Waals surface area contributed by atoms with E-state index < -0.39 is 0 Å². The van der Waals surface area contributed by atoms with Gasteiger partial charge in [0, 0.05) is 44.9 Å². The summed E-state index contributed by atoms with van der Waals surface area (Å²) >= 11 is 0. The van der Waals surface area contributed by atoms with Crippen molar-refractivity contribution in [1.82, 2.24) is 25.3 Å². The number of nitrogens with one attached hydrogen (secondary N) is 2. The van der Waals surface area contributed by atoms with Crippen LogP contribution < -0.4 is 15.4 Å². The Balaban J connectivity index is 1.97. The Morgan fingerprint density at radius 3 is 2.85 bits per heavy atom. The van der Waals surface area contributed by atoms with E-state index in [0.717, 1.165) is 17.0 Å². The molecule has 26 heavy (non-hydrogen) atoms. The minimum atomic E-state index is -0.240. The van der Waals surface area contributed by atoms with Crippen molar-refractivity contribution in [3.8, 4) is 11.4 Å². The molecule has 1 atom stereocenters. The van der Waals surface area contributed by atoms with Crippen molar-refractivity contribution < 1.29 is 14.3 Å². The highest BCUT2D eigenvalue weighted by Gasteiger charge is 2.15. The van der Waals surface area contributed by atoms with Crippen LogP contribution in [0.2, 0.25) is 0 Å². The van der Waals surface area contributed by atoms with E-state index in [1.807, 2.05) is 37.4 Å². The molecule has 0 saturated heterocycles. The first-order valence-electron chi connectivity index (χ1n) is 8.35. The lowest BCUT2D eigenvalue weighted by Crippen LogP contribution is -2.40. The predicted molar refractivity (Wildman–Crippen MR) is 98.4 cm³/mol. The first-order chi connectivity index (χ1) is 12.4. The highest BCUT2D eigenvalue weighted by atomic mass is 16.5. The van der Waals surface area contributed by atoms with Gasteiger partial charge in [0.25, 0.3) is 0 Å². The predicted octanol–water partition coefficient (Wildman–Crippen LogP) is 1.72. The minimum Gasteiger partial charge on any atom is -0.497 e. The topological polar surface area (TPSA) is 88.5 Å². The number of aromatic nitrogens is 2. The van der Waals surface area contributed by atoms with Gasteiger partial charge in [-0.15, -0.1) is 0 Å². The summed E-state index contributed by atoms with van der Waals surface area (Å²) in [6.45, 7) is 2.23. The molecule has 2 aromatic rings. The highest BCUT2D eigenvalue weighted by molar-refractivity contribution is 5.78. The van der Waals surface area contributed by atoms with E-state index in [-0.39, 0.29) is 24.4 Å². The number of ether oxygens (including phenoxy) is 1. The van der Waals surface area contributed by atoms with Gasteiger partial charge in [0.1, 0.15) is 5.75 Å². The van der Waals surface area contributed by atoms with Crippen molar-refractivity contribution in [1.29, 1.82) is 0 Å². The Bertz CT molecular complexity index is 759. The van der Waals surface area contributed by atoms with Crippen molar-refractivity contribution in [2.75, 3.05) is 27.7 Å². The maximum absolute atomic E-state index is 12.2. The summed E-state index contributed by atoms with van der Waals surface area (Å²) in [4.78, 5) is 25.0. The first kappa shape index (κ1) is 19.3. The van der Waals surface area contributed by atoms with E-state index in [2.05, 4.69) is 15.7 Å². The molecule has 0 saturated carbocycles. The second-order valence-electron chi connectivity index (χ2n) is 5.94. The van der Waals surface area contributed by atoms with Crippen molar-refractivity contribution >= 4 is 11.9 Å². The lowest BCUT2D eigenvalue weighted by Gasteiger charge is -2.20. The summed E-state index contributed by atoms with van der Waals surface area (Å²) in [5, 5.41) is 9.79. The third-order valence-electron chi connectivity index (χ3n) is 4.06. The maximum atomic E-state index is 12.2. The molecule has 8 heteroatoms. The molecule has 0 bridgehead atoms. The minimum absolute atomic E-state index is 0.0998. The van der Waals surface area contributed by atoms with Crippen LogP contribution in [0, 0.1) is 0 Å². The average Bonchev–Trinajstić information content (AvgIpc) is 3.16. The number of amides is 3. The van der Waals surface area contributed by atoms with Crippen LogP contribution in [-0.4, -0.2) is 54.4 Å². The summed E-state index contributed by atoms with van der Waals surface area (Å²) < 4.78 is 6.96. The van der Waals surface area contributed by atoms with Crippen molar-refractivity contribution in [2.45, 2.75) is 19.4 Å². The summed E-state index contributed by atoms with van der Waals surface area (Å²) in [5.74, 6) is 0.649. The fraction of sp³-hybridized carbons (Fsp3) is 0.389. The smallest absolute Gasteiger partial charge is 0.317 e. The fourth-order valence-corrected chi connectivity index (χ4v) is 2.33. The van der Waals surface area contributed by atoms with Crippen molar-refractivity contribution in [3.05, 3.63) is 42.2 Å². The zero-order valence-corrected chi connectivity index (χ0v) is 15.5. The molecule has 140 valence electrons. The molecule has 1 aromatic carbocycles. The molecule has 8 nitrogen and oxygen atoms in total. The molecule has 0 aliphatic rings. The molecule has 2 rings (SSSR count). The number of carbonyl (C=O) groups excluding carboxylic acids is 2. The van der Waals surface area contributed by atoms with Gasteiger partial charge >= 0.3 is 6.03 Å². The SMILES string of the molecule is CNC(=O)CCN(C)C(=O)NC(C)c1cnn(-c2cccc(OC)c2)c1. The normalized spacial score (nSPS) is 11.5. The Hall–Kier alpha value is -3.03. The summed E-state index contributed by atoms with van der Waals surface area (Å²) in [6, 6.07) is 7.11. The number of methoxy groups -OCH3 is 1. The lowest BCUT2D eigenvalue weighted by atomic mass is 10.2. The molecule has 2 N–H and O–H groups in total. The highest BCUT2D eigenvalue weighted by Crippen LogP contribution is 2.18. The van der Waals surface area contributed by atoms with Gasteiger partial charge in [-0.25, -0.2) is 9.48 Å². The Morgan fingerprint density at radius 1 is 1.38 bits per heavy atom. The van der Waals surface area contributed by atoms with Gasteiger partial charge in [0.05, 0.1) is 25.0 Å². The largest absolute Gasteiger partial charge is 0.497 e. The second kappa shape index (κ2) is 8.89. The summed E-state index contributed by atoms with van der Waals surface area (Å²) in [6.07, 6.45) is 3.85. The van der Waals surface area contributed by atoms with Crippen LogP contribution in [0.4, 0.5) is 4.79 Å². The Morgan fingerprint density at radius 2 is 2.15 bits per heavy atom. The number of nitrogens with zero attached hydrogens (tertiary/aromatic N) is 3. The van der Waals surface area contributed by atoms with Gasteiger partial charge in [-0.1, -0.05) is 6.07 Å². The van der Waals surface area contributed by atoms with Gasteiger partial charge < -0.3 is 20.3 Å². The lowest BCUT2D eigenvalue weighted by molar-refractivity contribution is -0.120. The number of carbonyl (C=O) groups is 2. The zero-order chi connectivity index (χ0) is 19.1. The zero-order valence-electron chi connectivity index (χ0n) is 15.5. The number of rotatable bonds is 7. The van der Waals surface area contributed by atoms with Crippen LogP contribution in [0.25, 0.3) is 5.69 Å². The first-order valence-corrected chi connectivity index (χ1v) is 8.35. The number of benzene rings is 1. The second-order valence-corrected chi connectivity index (χ2v) is 5.94. The summed E-state index contributed by atoms with van der Waals surface area (Å²) in [5.41, 5.74) is 1.75. The van der Waals surface area contributed by atoms with E-state index in [0.29, 0.717) is 6.54 Å². The van der Waals surface area contributed by atoms with Crippen molar-refractivity contribution in [2.24, 2.45) is 0 Å². The van der Waals surface area contributed by atoms with Crippen LogP contribution in [-0.2, 0) is 4.79 Å². The fourth-order valence-electron chi connectivity index (χ4n) is 2.33. The molecule has 0 aliphatic heterocycles. The van der Waals surface area contributed by atoms with Crippen LogP contribution in [0.5, 0.6) is 5.75 Å². The standard InChI is InChI=1S/C18H25N5O3/c1-13(21-18(25)22(3)9-8-17(24)19-2)14-11-20-23(12-14)15-6-5-7-16(10-15)26-4/h5-7,10-13H,8-9H2,1-4H3,(H,19,24)(H,21,25). The number of urea groups is 1. The number of hydrogen-bond acceptors (Lipinski definition) is 4. The van der Waals surface area contributed by atoms with E-state index in [1.165, 1.54) is 4.90 Å². The van der Waals surface area contributed by atoms with E-state index in [4.69, 9.17) is 4.74 Å². The number of hydrogen-bond donors (Lipinski definition) is 2. The van der Waals surface area contributed by atoms with Crippen LogP contribution >= 0.6 is 0 Å². The molecule has 1 unspecified atom stereocenters. The molecular weight excluding hydrogens is 334 g/mol. The quantitative estimate of drug-likeness (QED) is 0.788. The molecular formula is C18H25N5O3. The molecule has 0 fully saturated rings. The van der Waals surface area contributed by atoms with Gasteiger partial charge in [-0.05, 0) is 19.1 Å². The molecule has 0 radical (unpaired) electrons. The molecule has 1 aromatic heterocycles. The third kappa shape index (κ3) is 4.98. The molecule has 0 aliphatic carbocycles. The van der Waals surface area contributed by atoms with Gasteiger partial charge in [0.2, 0.25) is 5.91 Å². The van der Waals surface area contributed by atoms with Crippen LogP contribution in [0.3, 0.4) is 0 Å². The van der Waals surface area contributed by atoms with Crippen LogP contribution in [0.1, 0.15) is 24.9 Å². The molecule has 0 spiro atoms. The Kier molecular flexibility index (Phi) is 6.60. The summed E-state index contributed by atoms with van der Waals surface area (Å²) in [7, 11) is 4.85. The monoisotopic (exact) mass is 359 g/mol. The van der Waals surface area contributed by atoms with E-state index in [9.17, 15) is 9.59 Å². The third-order valence-corrected chi connectivity index (χ3v) is 4.06. The molecule has 1 heterocycles. The molecule has 3 amide bonds. The van der Waals surface area contributed by atoms with Gasteiger partial charge in [-0.2, -0.15) is 5.10 Å². The van der Waals surface area contributed by atoms with E-state index >= 15 is 0 Å². The maximum Gasteiger partial charge on any atom is 0.317 e.